The molecule has 2 atom stereocenters. The van der Waals surface area contributed by atoms with Crippen molar-refractivity contribution in [2.45, 2.75) is 31.8 Å². The zero-order valence-corrected chi connectivity index (χ0v) is 14.8. The molecule has 0 amide bonds. The van der Waals surface area contributed by atoms with Crippen LogP contribution >= 0.6 is 11.3 Å². The summed E-state index contributed by atoms with van der Waals surface area (Å²) in [5.41, 5.74) is 6.05. The molecule has 1 fully saturated rings. The Morgan fingerprint density at radius 1 is 1.59 bits per heavy atom. The van der Waals surface area contributed by atoms with Crippen molar-refractivity contribution in [3.05, 3.63) is 22.4 Å². The minimum absolute atomic E-state index is 0.291. The van der Waals surface area contributed by atoms with Crippen LogP contribution in [-0.4, -0.2) is 62.1 Å². The Hall–Kier alpha value is -1.11. The first-order valence-corrected chi connectivity index (χ1v) is 8.97. The van der Waals surface area contributed by atoms with E-state index in [-0.39, 0.29) is 0 Å². The molecule has 0 spiro atoms. The zero-order valence-electron chi connectivity index (χ0n) is 14.0. The van der Waals surface area contributed by atoms with E-state index in [0.29, 0.717) is 24.6 Å². The SMILES string of the molecule is CCN1CCCC1CNC(N)=NCC(c1cccs1)N(C)C. The molecule has 1 aromatic heterocycles. The molecule has 1 aliphatic heterocycles. The molecule has 0 saturated carbocycles. The van der Waals surface area contributed by atoms with E-state index in [4.69, 9.17) is 5.73 Å². The van der Waals surface area contributed by atoms with Crippen molar-refractivity contribution in [2.75, 3.05) is 40.3 Å². The number of aliphatic imine (C=N–C) groups is 1. The number of nitrogens with zero attached hydrogens (tertiary/aromatic N) is 3. The average Bonchev–Trinajstić information content (AvgIpc) is 3.16. The maximum absolute atomic E-state index is 6.05. The van der Waals surface area contributed by atoms with E-state index in [0.717, 1.165) is 13.1 Å². The molecule has 0 bridgehead atoms. The number of nitrogens with one attached hydrogen (secondary N) is 1. The van der Waals surface area contributed by atoms with Crippen LogP contribution in [-0.2, 0) is 0 Å². The van der Waals surface area contributed by atoms with Crippen molar-refractivity contribution in [2.24, 2.45) is 10.7 Å². The highest BCUT2D eigenvalue weighted by Gasteiger charge is 2.22. The number of hydrogen-bond acceptors (Lipinski definition) is 4. The first kappa shape index (κ1) is 17.2. The summed E-state index contributed by atoms with van der Waals surface area (Å²) in [6, 6.07) is 5.13. The summed E-state index contributed by atoms with van der Waals surface area (Å²) >= 11 is 1.77. The van der Waals surface area contributed by atoms with Crippen molar-refractivity contribution < 1.29 is 0 Å². The maximum atomic E-state index is 6.05. The van der Waals surface area contributed by atoms with Crippen LogP contribution in [0.3, 0.4) is 0 Å². The number of hydrogen-bond donors (Lipinski definition) is 2. The van der Waals surface area contributed by atoms with E-state index in [2.05, 4.69) is 58.6 Å². The Bertz CT molecular complexity index is 457. The lowest BCUT2D eigenvalue weighted by atomic mass is 10.2. The van der Waals surface area contributed by atoms with Crippen LogP contribution in [0.15, 0.2) is 22.5 Å². The highest BCUT2D eigenvalue weighted by molar-refractivity contribution is 7.10. The average molecular weight is 324 g/mol. The minimum atomic E-state index is 0.291. The molecule has 3 N–H and O–H groups in total. The third kappa shape index (κ3) is 4.69. The van der Waals surface area contributed by atoms with Gasteiger partial charge in [0.1, 0.15) is 0 Å². The first-order chi connectivity index (χ1) is 10.6. The predicted molar refractivity (Wildman–Crippen MR) is 95.5 cm³/mol. The van der Waals surface area contributed by atoms with Gasteiger partial charge in [-0.2, -0.15) is 0 Å². The van der Waals surface area contributed by atoms with Crippen molar-refractivity contribution in [1.82, 2.24) is 15.1 Å². The molecule has 22 heavy (non-hydrogen) atoms. The van der Waals surface area contributed by atoms with Gasteiger partial charge < -0.3 is 16.0 Å². The minimum Gasteiger partial charge on any atom is -0.370 e. The molecule has 0 aromatic carbocycles. The Balaban J connectivity index is 1.83. The number of thiophene rings is 1. The number of rotatable bonds is 7. The highest BCUT2D eigenvalue weighted by Crippen LogP contribution is 2.23. The van der Waals surface area contributed by atoms with Gasteiger partial charge in [0.25, 0.3) is 0 Å². The van der Waals surface area contributed by atoms with E-state index < -0.39 is 0 Å². The molecule has 5 nitrogen and oxygen atoms in total. The van der Waals surface area contributed by atoms with Crippen LogP contribution in [0.25, 0.3) is 0 Å². The van der Waals surface area contributed by atoms with Crippen LogP contribution in [0.4, 0.5) is 0 Å². The lowest BCUT2D eigenvalue weighted by Gasteiger charge is -2.24. The normalized spacial score (nSPS) is 21.5. The fourth-order valence-corrected chi connectivity index (χ4v) is 3.91. The monoisotopic (exact) mass is 323 g/mol. The number of likely N-dealkylation sites (N-methyl/N-ethyl adjacent to an activating group) is 2. The van der Waals surface area contributed by atoms with Gasteiger partial charge in [-0.15, -0.1) is 11.3 Å². The molecule has 2 heterocycles. The summed E-state index contributed by atoms with van der Waals surface area (Å²) in [6.45, 7) is 6.13. The molecule has 1 aliphatic rings. The fraction of sp³-hybridized carbons (Fsp3) is 0.688. The second-order valence-electron chi connectivity index (χ2n) is 6.03. The van der Waals surface area contributed by atoms with Gasteiger partial charge >= 0.3 is 0 Å². The molecule has 124 valence electrons. The molecule has 6 heteroatoms. The Morgan fingerprint density at radius 2 is 2.41 bits per heavy atom. The smallest absolute Gasteiger partial charge is 0.188 e. The molecular weight excluding hydrogens is 294 g/mol. The Kier molecular flexibility index (Phi) is 6.67. The number of guanidine groups is 1. The lowest BCUT2D eigenvalue weighted by molar-refractivity contribution is 0.267. The Labute approximate surface area is 138 Å². The van der Waals surface area contributed by atoms with Crippen LogP contribution in [0.2, 0.25) is 0 Å². The van der Waals surface area contributed by atoms with Gasteiger partial charge in [0, 0.05) is 17.5 Å². The maximum Gasteiger partial charge on any atom is 0.188 e. The van der Waals surface area contributed by atoms with Gasteiger partial charge in [-0.1, -0.05) is 13.0 Å². The summed E-state index contributed by atoms with van der Waals surface area (Å²) in [4.78, 5) is 10.6. The van der Waals surface area contributed by atoms with E-state index in [9.17, 15) is 0 Å². The molecule has 2 unspecified atom stereocenters. The summed E-state index contributed by atoms with van der Waals surface area (Å²) in [5.74, 6) is 0.561. The quantitative estimate of drug-likeness (QED) is 0.593. The van der Waals surface area contributed by atoms with Crippen LogP contribution < -0.4 is 11.1 Å². The standard InChI is InChI=1S/C16H29N5S/c1-4-21-9-5-7-13(21)11-18-16(17)19-12-14(20(2)3)15-8-6-10-22-15/h6,8,10,13-14H,4-5,7,9,11-12H2,1-3H3,(H3,17,18,19). The summed E-state index contributed by atoms with van der Waals surface area (Å²) in [5, 5.41) is 5.41. The van der Waals surface area contributed by atoms with E-state index in [1.165, 1.54) is 24.3 Å². The summed E-state index contributed by atoms with van der Waals surface area (Å²) < 4.78 is 0. The van der Waals surface area contributed by atoms with Gasteiger partial charge in [-0.25, -0.2) is 0 Å². The topological polar surface area (TPSA) is 56.9 Å². The van der Waals surface area contributed by atoms with Gasteiger partial charge in [0.05, 0.1) is 12.6 Å². The molecule has 1 aromatic rings. The molecule has 2 rings (SSSR count). The van der Waals surface area contributed by atoms with Crippen molar-refractivity contribution >= 4 is 17.3 Å². The third-order valence-corrected chi connectivity index (χ3v) is 5.33. The molecule has 0 aliphatic carbocycles. The molecular formula is C16H29N5S. The van der Waals surface area contributed by atoms with E-state index in [1.807, 2.05) is 0 Å². The summed E-state index contributed by atoms with van der Waals surface area (Å²) in [7, 11) is 4.17. The van der Waals surface area contributed by atoms with Crippen LogP contribution in [0.1, 0.15) is 30.7 Å². The third-order valence-electron chi connectivity index (χ3n) is 4.35. The van der Waals surface area contributed by atoms with Gasteiger partial charge in [-0.05, 0) is 51.5 Å². The zero-order chi connectivity index (χ0) is 15.9. The molecule has 1 saturated heterocycles. The van der Waals surface area contributed by atoms with Crippen molar-refractivity contribution in [3.8, 4) is 0 Å². The van der Waals surface area contributed by atoms with Crippen LogP contribution in [0, 0.1) is 0 Å². The summed E-state index contributed by atoms with van der Waals surface area (Å²) in [6.07, 6.45) is 2.54. The Morgan fingerprint density at radius 3 is 3.05 bits per heavy atom. The van der Waals surface area contributed by atoms with E-state index >= 15 is 0 Å². The fourth-order valence-electron chi connectivity index (χ4n) is 2.99. The first-order valence-electron chi connectivity index (χ1n) is 8.09. The van der Waals surface area contributed by atoms with Gasteiger partial charge in [0.15, 0.2) is 5.96 Å². The second-order valence-corrected chi connectivity index (χ2v) is 7.01. The largest absolute Gasteiger partial charge is 0.370 e. The van der Waals surface area contributed by atoms with Crippen molar-refractivity contribution in [1.29, 1.82) is 0 Å². The molecule has 0 radical (unpaired) electrons. The predicted octanol–water partition coefficient (Wildman–Crippen LogP) is 1.74. The second kappa shape index (κ2) is 8.50. The van der Waals surface area contributed by atoms with Gasteiger partial charge in [0.2, 0.25) is 0 Å². The highest BCUT2D eigenvalue weighted by atomic mass is 32.1. The number of likely N-dealkylation sites (tertiary alicyclic amines) is 1. The van der Waals surface area contributed by atoms with E-state index in [1.54, 1.807) is 11.3 Å². The van der Waals surface area contributed by atoms with Gasteiger partial charge in [-0.3, -0.25) is 9.89 Å². The lowest BCUT2D eigenvalue weighted by Crippen LogP contribution is -2.43. The van der Waals surface area contributed by atoms with Crippen molar-refractivity contribution in [3.63, 3.8) is 0 Å². The van der Waals surface area contributed by atoms with Crippen LogP contribution in [0.5, 0.6) is 0 Å². The number of nitrogens with two attached hydrogens (primary N) is 1.